The van der Waals surface area contributed by atoms with E-state index in [1.807, 2.05) is 36.6 Å². The Morgan fingerprint density at radius 1 is 1.50 bits per heavy atom. The summed E-state index contributed by atoms with van der Waals surface area (Å²) in [6, 6.07) is 0. The van der Waals surface area contributed by atoms with Gasteiger partial charge >= 0.3 is 0 Å². The van der Waals surface area contributed by atoms with Gasteiger partial charge in [0, 0.05) is 36.2 Å². The van der Waals surface area contributed by atoms with Gasteiger partial charge < -0.3 is 5.32 Å². The van der Waals surface area contributed by atoms with E-state index in [4.69, 9.17) is 4.98 Å². The number of allylic oxidation sites excluding steroid dienone is 4. The Hall–Kier alpha value is -1.85. The first-order valence-electron chi connectivity index (χ1n) is 7.44. The minimum Gasteiger partial charge on any atom is -0.312 e. The topological polar surface area (TPSA) is 42.2 Å². The first kappa shape index (κ1) is 15.1. The quantitative estimate of drug-likeness (QED) is 0.694. The molecule has 0 fully saturated rings. The van der Waals surface area contributed by atoms with Crippen LogP contribution in [0.5, 0.6) is 0 Å². The molecule has 0 amide bonds. The number of hydrogen-bond donors (Lipinski definition) is 1. The van der Waals surface area contributed by atoms with Gasteiger partial charge in [-0.05, 0) is 19.9 Å². The number of aromatic nitrogens is 3. The third-order valence-electron chi connectivity index (χ3n) is 3.58. The van der Waals surface area contributed by atoms with Crippen LogP contribution in [0.1, 0.15) is 23.9 Å². The van der Waals surface area contributed by atoms with Crippen LogP contribution in [0.15, 0.2) is 46.9 Å². The molecule has 4 nitrogen and oxygen atoms in total. The predicted molar refractivity (Wildman–Crippen MR) is 92.1 cm³/mol. The molecule has 114 valence electrons. The zero-order valence-electron chi connectivity index (χ0n) is 13.0. The smallest absolute Gasteiger partial charge is 0.169 e. The number of fused-ring (bicyclic) bond motifs is 2. The van der Waals surface area contributed by atoms with E-state index in [1.54, 1.807) is 11.8 Å². The standard InChI is InChI=1S/C17H20N4S/c1-4-6-14(7-5-2)22-16-12(3)20-21-11-13-10-18-9-8-15(13)19-17(16)21/h4-7,11,18H,1,8-10H2,2-3H3/b7-5-,14-6+. The lowest BCUT2D eigenvalue weighted by molar-refractivity contribution is 0.623. The summed E-state index contributed by atoms with van der Waals surface area (Å²) in [5.74, 6) is 0. The fraction of sp³-hybridized carbons (Fsp3) is 0.294. The van der Waals surface area contributed by atoms with Crippen LogP contribution in [0.2, 0.25) is 0 Å². The Kier molecular flexibility index (Phi) is 4.45. The molecule has 3 heterocycles. The average Bonchev–Trinajstić information content (AvgIpc) is 2.81. The largest absolute Gasteiger partial charge is 0.312 e. The maximum atomic E-state index is 4.87. The maximum Gasteiger partial charge on any atom is 0.169 e. The van der Waals surface area contributed by atoms with E-state index in [9.17, 15) is 0 Å². The van der Waals surface area contributed by atoms with Crippen LogP contribution in [0.25, 0.3) is 5.65 Å². The lowest BCUT2D eigenvalue weighted by Crippen LogP contribution is -2.25. The van der Waals surface area contributed by atoms with Crippen molar-refractivity contribution < 1.29 is 0 Å². The second-order valence-corrected chi connectivity index (χ2v) is 6.31. The fourth-order valence-corrected chi connectivity index (χ4v) is 3.59. The van der Waals surface area contributed by atoms with Crippen molar-refractivity contribution in [3.05, 3.63) is 58.9 Å². The minimum atomic E-state index is 0.875. The Morgan fingerprint density at radius 3 is 3.14 bits per heavy atom. The lowest BCUT2D eigenvalue weighted by atomic mass is 10.1. The molecule has 2 aromatic heterocycles. The Balaban J connectivity index is 2.07. The van der Waals surface area contributed by atoms with Gasteiger partial charge in [0.05, 0.1) is 16.3 Å². The van der Waals surface area contributed by atoms with E-state index in [1.165, 1.54) is 11.3 Å². The van der Waals surface area contributed by atoms with E-state index >= 15 is 0 Å². The minimum absolute atomic E-state index is 0.875. The number of nitrogens with zero attached hydrogens (tertiary/aromatic N) is 3. The van der Waals surface area contributed by atoms with Crippen LogP contribution >= 0.6 is 11.8 Å². The van der Waals surface area contributed by atoms with E-state index in [2.05, 4.69) is 29.3 Å². The molecule has 0 spiro atoms. The second kappa shape index (κ2) is 6.50. The zero-order chi connectivity index (χ0) is 15.5. The summed E-state index contributed by atoms with van der Waals surface area (Å²) in [6.45, 7) is 9.71. The number of nitrogens with one attached hydrogen (secondary N) is 1. The van der Waals surface area contributed by atoms with Crippen LogP contribution in [-0.2, 0) is 13.0 Å². The second-order valence-electron chi connectivity index (χ2n) is 5.23. The molecule has 0 unspecified atom stereocenters. The lowest BCUT2D eigenvalue weighted by Gasteiger charge is -2.15. The van der Waals surface area contributed by atoms with Crippen molar-refractivity contribution in [3.63, 3.8) is 0 Å². The fourth-order valence-electron chi connectivity index (χ4n) is 2.57. The maximum absolute atomic E-state index is 4.87. The summed E-state index contributed by atoms with van der Waals surface area (Å²) in [7, 11) is 0. The number of thioether (sulfide) groups is 1. The molecule has 0 radical (unpaired) electrons. The van der Waals surface area contributed by atoms with Gasteiger partial charge in [-0.15, -0.1) is 0 Å². The van der Waals surface area contributed by atoms with Crippen molar-refractivity contribution in [2.45, 2.75) is 31.7 Å². The molecular formula is C17H20N4S. The molecular weight excluding hydrogens is 292 g/mol. The monoisotopic (exact) mass is 312 g/mol. The van der Waals surface area contributed by atoms with Crippen molar-refractivity contribution in [3.8, 4) is 0 Å². The van der Waals surface area contributed by atoms with E-state index in [-0.39, 0.29) is 0 Å². The van der Waals surface area contributed by atoms with Crippen LogP contribution in [0, 0.1) is 6.92 Å². The van der Waals surface area contributed by atoms with Gasteiger partial charge in [-0.1, -0.05) is 36.6 Å². The third kappa shape index (κ3) is 2.87. The molecule has 0 bridgehead atoms. The third-order valence-corrected chi connectivity index (χ3v) is 4.77. The Bertz CT molecular complexity index is 771. The normalized spacial score (nSPS) is 15.5. The molecule has 5 heteroatoms. The average molecular weight is 312 g/mol. The van der Waals surface area contributed by atoms with Crippen LogP contribution in [0.4, 0.5) is 0 Å². The van der Waals surface area contributed by atoms with Crippen LogP contribution < -0.4 is 5.32 Å². The van der Waals surface area contributed by atoms with Crippen LogP contribution in [0.3, 0.4) is 0 Å². The van der Waals surface area contributed by atoms with Crippen LogP contribution in [-0.4, -0.2) is 21.1 Å². The van der Waals surface area contributed by atoms with E-state index in [0.717, 1.165) is 40.7 Å². The van der Waals surface area contributed by atoms with Gasteiger partial charge in [0.1, 0.15) is 0 Å². The molecule has 0 saturated heterocycles. The highest BCUT2D eigenvalue weighted by Crippen LogP contribution is 2.33. The van der Waals surface area contributed by atoms with Crippen molar-refractivity contribution in [1.82, 2.24) is 19.9 Å². The highest BCUT2D eigenvalue weighted by atomic mass is 32.2. The number of rotatable bonds is 4. The molecule has 1 N–H and O–H groups in total. The molecule has 0 aliphatic carbocycles. The molecule has 3 rings (SSSR count). The molecule has 1 aliphatic heterocycles. The van der Waals surface area contributed by atoms with E-state index < -0.39 is 0 Å². The van der Waals surface area contributed by atoms with Crippen molar-refractivity contribution in [2.75, 3.05) is 6.54 Å². The summed E-state index contributed by atoms with van der Waals surface area (Å²) in [4.78, 5) is 7.13. The zero-order valence-corrected chi connectivity index (χ0v) is 13.8. The SMILES string of the molecule is C=C/C=C(\C=C/C)Sc1c(C)nn2cc3c(nc12)CCNC3. The highest BCUT2D eigenvalue weighted by molar-refractivity contribution is 8.03. The Labute approximate surface area is 135 Å². The molecule has 0 aromatic carbocycles. The number of hydrogen-bond acceptors (Lipinski definition) is 4. The van der Waals surface area contributed by atoms with E-state index in [0.29, 0.717) is 0 Å². The first-order valence-corrected chi connectivity index (χ1v) is 8.26. The summed E-state index contributed by atoms with van der Waals surface area (Å²) in [6.07, 6.45) is 11.0. The van der Waals surface area contributed by atoms with Gasteiger partial charge in [0.15, 0.2) is 5.65 Å². The van der Waals surface area contributed by atoms with Gasteiger partial charge in [-0.3, -0.25) is 0 Å². The molecule has 1 aliphatic rings. The molecule has 0 saturated carbocycles. The van der Waals surface area contributed by atoms with Gasteiger partial charge in [0.2, 0.25) is 0 Å². The summed E-state index contributed by atoms with van der Waals surface area (Å²) >= 11 is 1.69. The predicted octanol–water partition coefficient (Wildman–Crippen LogP) is 3.42. The van der Waals surface area contributed by atoms with Crippen molar-refractivity contribution in [2.24, 2.45) is 0 Å². The van der Waals surface area contributed by atoms with Gasteiger partial charge in [-0.2, -0.15) is 5.10 Å². The highest BCUT2D eigenvalue weighted by Gasteiger charge is 2.17. The summed E-state index contributed by atoms with van der Waals surface area (Å²) < 4.78 is 1.91. The number of aryl methyl sites for hydroxylation is 1. The Morgan fingerprint density at radius 2 is 2.36 bits per heavy atom. The molecule has 22 heavy (non-hydrogen) atoms. The van der Waals surface area contributed by atoms with Gasteiger partial charge in [-0.25, -0.2) is 9.50 Å². The first-order chi connectivity index (χ1) is 10.7. The summed E-state index contributed by atoms with van der Waals surface area (Å²) in [5, 5.41) is 8.00. The van der Waals surface area contributed by atoms with Crippen molar-refractivity contribution in [1.29, 1.82) is 0 Å². The van der Waals surface area contributed by atoms with Gasteiger partial charge in [0.25, 0.3) is 0 Å². The molecule has 2 aromatic rings. The molecule has 0 atom stereocenters. The van der Waals surface area contributed by atoms with Crippen molar-refractivity contribution >= 4 is 17.4 Å². The summed E-state index contributed by atoms with van der Waals surface area (Å²) in [5.41, 5.74) is 4.39.